The summed E-state index contributed by atoms with van der Waals surface area (Å²) in [7, 11) is 0. The molecule has 0 saturated carbocycles. The molecule has 34 heavy (non-hydrogen) atoms. The highest BCUT2D eigenvalue weighted by molar-refractivity contribution is 5.93. The molecule has 1 amide bonds. The van der Waals surface area contributed by atoms with E-state index in [1.54, 1.807) is 29.5 Å². The molecule has 0 saturated heterocycles. The second-order valence-electron chi connectivity index (χ2n) is 9.14. The topological polar surface area (TPSA) is 103 Å². The minimum absolute atomic E-state index is 0.142. The van der Waals surface area contributed by atoms with Crippen molar-refractivity contribution in [3.05, 3.63) is 71.9 Å². The molecule has 0 atom stereocenters. The van der Waals surface area contributed by atoms with Crippen molar-refractivity contribution in [3.8, 4) is 11.3 Å². The van der Waals surface area contributed by atoms with E-state index >= 15 is 0 Å². The summed E-state index contributed by atoms with van der Waals surface area (Å²) in [4.78, 5) is 21.5. The van der Waals surface area contributed by atoms with Gasteiger partial charge in [-0.1, -0.05) is 12.1 Å². The second kappa shape index (κ2) is 9.46. The van der Waals surface area contributed by atoms with Gasteiger partial charge in [-0.05, 0) is 57.9 Å². The van der Waals surface area contributed by atoms with Gasteiger partial charge < -0.3 is 10.6 Å². The summed E-state index contributed by atoms with van der Waals surface area (Å²) in [6.45, 7) is 11.4. The molecule has 3 heterocycles. The van der Waals surface area contributed by atoms with Crippen LogP contribution in [0.4, 0.5) is 11.6 Å². The van der Waals surface area contributed by atoms with E-state index in [9.17, 15) is 4.79 Å². The lowest BCUT2D eigenvalue weighted by Crippen LogP contribution is -2.24. The SMILES string of the molecule is CCn1cc(Nc2nccc(-c3ccc(CNC(=O)c4cnn(C(C)(C)C)c4)c(C)c3)n2)cn1. The van der Waals surface area contributed by atoms with Gasteiger partial charge in [0.1, 0.15) is 0 Å². The largest absolute Gasteiger partial charge is 0.348 e. The zero-order valence-electron chi connectivity index (χ0n) is 20.2. The molecule has 176 valence electrons. The zero-order chi connectivity index (χ0) is 24.3. The number of carbonyl (C=O) groups is 1. The van der Waals surface area contributed by atoms with E-state index < -0.39 is 0 Å². The third-order valence-electron chi connectivity index (χ3n) is 5.48. The van der Waals surface area contributed by atoms with Crippen LogP contribution in [0.2, 0.25) is 0 Å². The van der Waals surface area contributed by atoms with E-state index in [4.69, 9.17) is 0 Å². The predicted molar refractivity (Wildman–Crippen MR) is 132 cm³/mol. The van der Waals surface area contributed by atoms with Gasteiger partial charge in [0.05, 0.1) is 34.9 Å². The summed E-state index contributed by atoms with van der Waals surface area (Å²) in [5, 5.41) is 14.7. The fourth-order valence-corrected chi connectivity index (χ4v) is 3.45. The number of rotatable bonds is 7. The fraction of sp³-hybridized carbons (Fsp3) is 0.320. The Balaban J connectivity index is 1.43. The van der Waals surface area contributed by atoms with E-state index in [0.717, 1.165) is 34.6 Å². The lowest BCUT2D eigenvalue weighted by atomic mass is 10.0. The number of amides is 1. The van der Waals surface area contributed by atoms with Crippen molar-refractivity contribution >= 4 is 17.5 Å². The molecule has 3 aromatic heterocycles. The lowest BCUT2D eigenvalue weighted by Gasteiger charge is -2.18. The molecule has 4 aromatic rings. The lowest BCUT2D eigenvalue weighted by molar-refractivity contribution is 0.0950. The third-order valence-corrected chi connectivity index (χ3v) is 5.48. The molecule has 0 aliphatic carbocycles. The number of benzene rings is 1. The summed E-state index contributed by atoms with van der Waals surface area (Å²) < 4.78 is 3.63. The van der Waals surface area contributed by atoms with Crippen molar-refractivity contribution in [3.63, 3.8) is 0 Å². The highest BCUT2D eigenvalue weighted by Crippen LogP contribution is 2.22. The Bertz CT molecular complexity index is 1300. The summed E-state index contributed by atoms with van der Waals surface area (Å²) in [6.07, 6.45) is 8.78. The Morgan fingerprint density at radius 1 is 1.09 bits per heavy atom. The van der Waals surface area contributed by atoms with Crippen LogP contribution in [0.15, 0.2) is 55.2 Å². The van der Waals surface area contributed by atoms with Gasteiger partial charge in [-0.25, -0.2) is 9.97 Å². The molecule has 1 aromatic carbocycles. The minimum atomic E-state index is -0.168. The number of aryl methyl sites for hydroxylation is 2. The molecule has 0 fully saturated rings. The monoisotopic (exact) mass is 458 g/mol. The van der Waals surface area contributed by atoms with Gasteiger partial charge in [0.15, 0.2) is 0 Å². The van der Waals surface area contributed by atoms with Crippen LogP contribution in [0.5, 0.6) is 0 Å². The maximum Gasteiger partial charge on any atom is 0.254 e. The highest BCUT2D eigenvalue weighted by atomic mass is 16.1. The maximum atomic E-state index is 12.6. The van der Waals surface area contributed by atoms with Gasteiger partial charge in [-0.2, -0.15) is 10.2 Å². The van der Waals surface area contributed by atoms with Crippen molar-refractivity contribution < 1.29 is 4.79 Å². The Morgan fingerprint density at radius 3 is 2.59 bits per heavy atom. The number of hydrogen-bond acceptors (Lipinski definition) is 6. The fourth-order valence-electron chi connectivity index (χ4n) is 3.45. The molecule has 0 aliphatic heterocycles. The average Bonchev–Trinajstić information content (AvgIpc) is 3.48. The molecule has 0 unspecified atom stereocenters. The van der Waals surface area contributed by atoms with E-state index in [2.05, 4.69) is 36.9 Å². The van der Waals surface area contributed by atoms with Gasteiger partial charge in [-0.3, -0.25) is 14.2 Å². The van der Waals surface area contributed by atoms with Crippen molar-refractivity contribution in [1.82, 2.24) is 34.8 Å². The van der Waals surface area contributed by atoms with Crippen molar-refractivity contribution in [2.45, 2.75) is 53.2 Å². The Morgan fingerprint density at radius 2 is 1.91 bits per heavy atom. The normalized spacial score (nSPS) is 11.4. The zero-order valence-corrected chi connectivity index (χ0v) is 20.2. The van der Waals surface area contributed by atoms with Gasteiger partial charge >= 0.3 is 0 Å². The smallest absolute Gasteiger partial charge is 0.254 e. The number of hydrogen-bond donors (Lipinski definition) is 2. The maximum absolute atomic E-state index is 12.6. The average molecular weight is 459 g/mol. The van der Waals surface area contributed by atoms with Crippen molar-refractivity contribution in [2.75, 3.05) is 5.32 Å². The molecule has 4 rings (SSSR count). The highest BCUT2D eigenvalue weighted by Gasteiger charge is 2.17. The minimum Gasteiger partial charge on any atom is -0.348 e. The van der Waals surface area contributed by atoms with Crippen LogP contribution in [0.3, 0.4) is 0 Å². The van der Waals surface area contributed by atoms with Crippen LogP contribution in [-0.4, -0.2) is 35.4 Å². The first-order chi connectivity index (χ1) is 16.2. The van der Waals surface area contributed by atoms with E-state index in [0.29, 0.717) is 18.1 Å². The van der Waals surface area contributed by atoms with Gasteiger partial charge in [0.2, 0.25) is 5.95 Å². The first-order valence-corrected chi connectivity index (χ1v) is 11.3. The standard InChI is InChI=1S/C25H30N8O/c1-6-32-16-21(14-28-32)30-24-26-10-9-22(31-24)18-7-8-19(17(2)11-18)12-27-23(34)20-13-29-33(15-20)25(3,4)5/h7-11,13-16H,6,12H2,1-5H3,(H,27,34)(H,26,30,31). The molecule has 2 N–H and O–H groups in total. The number of nitrogens with one attached hydrogen (secondary N) is 2. The summed E-state index contributed by atoms with van der Waals surface area (Å²) in [6, 6.07) is 7.97. The van der Waals surface area contributed by atoms with Crippen LogP contribution < -0.4 is 10.6 Å². The molecule has 0 radical (unpaired) electrons. The van der Waals surface area contributed by atoms with Gasteiger partial charge in [-0.15, -0.1) is 0 Å². The summed E-state index contributed by atoms with van der Waals surface area (Å²) in [5.41, 5.74) is 5.13. The van der Waals surface area contributed by atoms with Gasteiger partial charge in [0.25, 0.3) is 5.91 Å². The summed E-state index contributed by atoms with van der Waals surface area (Å²) in [5.74, 6) is 0.370. The number of anilines is 2. The van der Waals surface area contributed by atoms with Crippen molar-refractivity contribution in [2.24, 2.45) is 0 Å². The van der Waals surface area contributed by atoms with Gasteiger partial charge in [0, 0.05) is 37.2 Å². The number of aromatic nitrogens is 6. The van der Waals surface area contributed by atoms with E-state index in [1.807, 2.05) is 63.7 Å². The van der Waals surface area contributed by atoms with Crippen LogP contribution in [-0.2, 0) is 18.6 Å². The molecule has 9 heteroatoms. The number of nitrogens with zero attached hydrogens (tertiary/aromatic N) is 6. The summed E-state index contributed by atoms with van der Waals surface area (Å²) >= 11 is 0. The first-order valence-electron chi connectivity index (χ1n) is 11.3. The molecule has 0 aliphatic rings. The third kappa shape index (κ3) is 5.31. The second-order valence-corrected chi connectivity index (χ2v) is 9.14. The van der Waals surface area contributed by atoms with Crippen molar-refractivity contribution in [1.29, 1.82) is 0 Å². The Labute approximate surface area is 199 Å². The molecule has 0 spiro atoms. The number of carbonyl (C=O) groups excluding carboxylic acids is 1. The molecule has 9 nitrogen and oxygen atoms in total. The quantitative estimate of drug-likeness (QED) is 0.428. The molecular weight excluding hydrogens is 428 g/mol. The van der Waals surface area contributed by atoms with Crippen LogP contribution in [0.1, 0.15) is 49.2 Å². The first kappa shape index (κ1) is 23.2. The predicted octanol–water partition coefficient (Wildman–Crippen LogP) is 4.29. The molecule has 0 bridgehead atoms. The Hall–Kier alpha value is -4.01. The van der Waals surface area contributed by atoms with E-state index in [-0.39, 0.29) is 11.4 Å². The van der Waals surface area contributed by atoms with Crippen LogP contribution >= 0.6 is 0 Å². The van der Waals surface area contributed by atoms with Crippen LogP contribution in [0, 0.1) is 6.92 Å². The molecular formula is C25H30N8O. The van der Waals surface area contributed by atoms with Crippen LogP contribution in [0.25, 0.3) is 11.3 Å². The Kier molecular flexibility index (Phi) is 6.45. The van der Waals surface area contributed by atoms with E-state index in [1.165, 1.54) is 0 Å².